The van der Waals surface area contributed by atoms with E-state index in [1.807, 2.05) is 0 Å². The molecule has 0 bridgehead atoms. The molecule has 2 unspecified atom stereocenters. The first-order valence-electron chi connectivity index (χ1n) is 7.44. The fourth-order valence-electron chi connectivity index (χ4n) is 2.39. The Bertz CT molecular complexity index is 821. The fraction of sp³-hybridized carbons (Fsp3) is 0.778. The van der Waals surface area contributed by atoms with Gasteiger partial charge in [-0.05, 0) is 0 Å². The van der Waals surface area contributed by atoms with Crippen LogP contribution in [-0.4, -0.2) is 63.8 Å². The summed E-state index contributed by atoms with van der Waals surface area (Å²) in [5.74, 6) is 0. The summed E-state index contributed by atoms with van der Waals surface area (Å²) in [7, 11) is -18.1. The Kier molecular flexibility index (Phi) is 18.5. The molecule has 0 aromatic rings. The Morgan fingerprint density at radius 2 is 1.58 bits per heavy atom. The first-order valence-corrected chi connectivity index (χ1v) is 12.2. The maximum Gasteiger partial charge on any atom is 1.00 e. The van der Waals surface area contributed by atoms with Gasteiger partial charge in [0.05, 0.1) is 19.4 Å². The number of aliphatic hydroxyl groups is 2. The molecule has 0 spiro atoms. The summed E-state index contributed by atoms with van der Waals surface area (Å²) >= 11 is 4.82. The van der Waals surface area contributed by atoms with Crippen molar-refractivity contribution >= 4 is 46.7 Å². The van der Waals surface area contributed by atoms with Crippen LogP contribution in [0.3, 0.4) is 0 Å². The van der Waals surface area contributed by atoms with Crippen molar-refractivity contribution in [2.75, 3.05) is 13.2 Å². The number of nitrogens with one attached hydrogen (secondary N) is 1. The van der Waals surface area contributed by atoms with Crippen molar-refractivity contribution in [2.24, 2.45) is 0 Å². The summed E-state index contributed by atoms with van der Waals surface area (Å²) in [6.07, 6.45) is -6.19. The minimum absolute atomic E-state index is 0. The van der Waals surface area contributed by atoms with E-state index in [4.69, 9.17) is 17.0 Å². The molecule has 3 N–H and O–H groups in total. The maximum atomic E-state index is 11.9. The monoisotopic (exact) mass is 526 g/mol. The van der Waals surface area contributed by atoms with Gasteiger partial charge < -0.3 is 48.9 Å². The first-order chi connectivity index (χ1) is 13.1. The molecule has 2 rings (SSSR count). The fourth-order valence-corrected chi connectivity index (χ4v) is 5.44. The van der Waals surface area contributed by atoms with E-state index in [-0.39, 0.29) is 93.4 Å². The number of carbonyl (C=O) groups is 1. The van der Waals surface area contributed by atoms with E-state index in [0.29, 0.717) is 0 Å². The van der Waals surface area contributed by atoms with Crippen LogP contribution in [0.5, 0.6) is 0 Å². The predicted molar refractivity (Wildman–Crippen MR) is 84.1 cm³/mol. The smallest absolute Gasteiger partial charge is 0.790 e. The van der Waals surface area contributed by atoms with E-state index >= 15 is 0 Å². The molecule has 2 amide bonds. The van der Waals surface area contributed by atoms with E-state index < -0.39 is 60.6 Å². The van der Waals surface area contributed by atoms with E-state index in [9.17, 15) is 48.3 Å². The molecule has 168 valence electrons. The van der Waals surface area contributed by atoms with Gasteiger partial charge in [-0.1, -0.05) is 12.2 Å². The van der Waals surface area contributed by atoms with Crippen molar-refractivity contribution in [3.63, 3.8) is 0 Å². The summed E-state index contributed by atoms with van der Waals surface area (Å²) in [6, 6.07) is -0.735. The van der Waals surface area contributed by atoms with Gasteiger partial charge in [0.25, 0.3) is 15.6 Å². The standard InChI is InChI=1S/C9H17N2O14P3S.4Li/c12-6-4(3-22-27(18,19)25-28(20,21)24-26(15,16)17)23-8(7(6)13)11-2-1-5(29)10-9(11)14;;;;/h4,6-8,12-13H,1-3H2,(H,18,19)(H,20,21)(H,10,14,29)(H2,15,16,17);;;;/q;4*+1/p-4/t4-,6-,7-,8-;;;;/m1..../s1. The van der Waals surface area contributed by atoms with Gasteiger partial charge >= 0.3 is 81.5 Å². The van der Waals surface area contributed by atoms with Gasteiger partial charge in [0, 0.05) is 13.0 Å². The minimum Gasteiger partial charge on any atom is -0.790 e. The summed E-state index contributed by atoms with van der Waals surface area (Å²) in [5.41, 5.74) is 0. The van der Waals surface area contributed by atoms with Crippen LogP contribution in [0, 0.1) is 0 Å². The quantitative estimate of drug-likeness (QED) is 0.151. The second kappa shape index (κ2) is 15.5. The van der Waals surface area contributed by atoms with Crippen molar-refractivity contribution in [2.45, 2.75) is 31.0 Å². The summed E-state index contributed by atoms with van der Waals surface area (Å²) in [4.78, 5) is 56.2. The zero-order valence-corrected chi connectivity index (χ0v) is 21.4. The number of thiocarbonyl (C=S) groups is 1. The van der Waals surface area contributed by atoms with Crippen LogP contribution in [0.1, 0.15) is 6.42 Å². The first kappa shape index (κ1) is 39.6. The van der Waals surface area contributed by atoms with Gasteiger partial charge in [-0.15, -0.1) is 0 Å². The predicted octanol–water partition coefficient (Wildman–Crippen LogP) is -16.0. The zero-order valence-electron chi connectivity index (χ0n) is 17.9. The third-order valence-corrected chi connectivity index (χ3v) is 7.50. The van der Waals surface area contributed by atoms with E-state index in [2.05, 4.69) is 18.5 Å². The Morgan fingerprint density at radius 3 is 2.06 bits per heavy atom. The molecule has 2 saturated heterocycles. The van der Waals surface area contributed by atoms with E-state index in [1.165, 1.54) is 0 Å². The summed E-state index contributed by atoms with van der Waals surface area (Å²) < 4.78 is 48.5. The molecule has 24 heteroatoms. The molecular formula is C9H13Li4N2O14P3S. The second-order valence-corrected chi connectivity index (χ2v) is 10.4. The third-order valence-electron chi connectivity index (χ3n) is 3.53. The van der Waals surface area contributed by atoms with Crippen LogP contribution >= 0.6 is 35.7 Å². The number of ether oxygens (including phenoxy) is 1. The molecular weight excluding hydrogens is 513 g/mol. The normalized spacial score (nSPS) is 28.6. The maximum absolute atomic E-state index is 11.9. The van der Waals surface area contributed by atoms with Gasteiger partial charge in [-0.3, -0.25) is 18.3 Å². The molecule has 16 nitrogen and oxygen atoms in total. The number of rotatable bonds is 8. The molecule has 2 aliphatic rings. The minimum atomic E-state index is -6.14. The molecule has 2 fully saturated rings. The van der Waals surface area contributed by atoms with Crippen LogP contribution in [0.15, 0.2) is 0 Å². The topological polar surface area (TPSA) is 253 Å². The molecule has 2 aliphatic heterocycles. The SMILES string of the molecule is O=C1NC(=S)CCN1[C@@H]1O[C@H](COP(=O)([O-])OP(=O)([O-])OP(=O)([O-])[O-])[C@@H](O)[C@H]1O.[Li+].[Li+].[Li+].[Li+]. The number of hydrogen-bond acceptors (Lipinski definition) is 15. The summed E-state index contributed by atoms with van der Waals surface area (Å²) in [6.45, 7) is -1.08. The average Bonchev–Trinajstić information content (AvgIpc) is 2.78. The van der Waals surface area contributed by atoms with Gasteiger partial charge in [0.1, 0.15) is 18.3 Å². The Labute approximate surface area is 241 Å². The number of nitrogens with zero attached hydrogens (tertiary/aromatic N) is 1. The molecule has 0 aromatic carbocycles. The van der Waals surface area contributed by atoms with Gasteiger partial charge in [-0.2, -0.15) is 0 Å². The molecule has 0 aliphatic carbocycles. The van der Waals surface area contributed by atoms with Crippen LogP contribution in [0.25, 0.3) is 0 Å². The van der Waals surface area contributed by atoms with Crippen LogP contribution in [0.4, 0.5) is 4.79 Å². The number of aliphatic hydroxyl groups excluding tert-OH is 2. The van der Waals surface area contributed by atoms with Gasteiger partial charge in [0.2, 0.25) is 0 Å². The number of hydrogen-bond donors (Lipinski definition) is 3. The van der Waals surface area contributed by atoms with Crippen molar-refractivity contribution in [3.8, 4) is 0 Å². The number of phosphoric acid groups is 3. The second-order valence-electron chi connectivity index (χ2n) is 5.64. The number of phosphoric ester groups is 1. The molecule has 0 aromatic heterocycles. The zero-order chi connectivity index (χ0) is 22.2. The third kappa shape index (κ3) is 12.4. The van der Waals surface area contributed by atoms with Crippen molar-refractivity contribution in [1.29, 1.82) is 0 Å². The Morgan fingerprint density at radius 1 is 1.03 bits per heavy atom. The molecule has 6 atom stereocenters. The molecule has 2 heterocycles. The van der Waals surface area contributed by atoms with Crippen molar-refractivity contribution in [3.05, 3.63) is 0 Å². The van der Waals surface area contributed by atoms with Crippen molar-refractivity contribution < 1.29 is 142 Å². The van der Waals surface area contributed by atoms with E-state index in [0.717, 1.165) is 4.90 Å². The number of urea groups is 1. The average molecular weight is 526 g/mol. The number of amides is 2. The van der Waals surface area contributed by atoms with Crippen LogP contribution < -0.4 is 100 Å². The van der Waals surface area contributed by atoms with Gasteiger partial charge in [0.15, 0.2) is 6.23 Å². The van der Waals surface area contributed by atoms with Crippen LogP contribution in [0.2, 0.25) is 0 Å². The molecule has 0 radical (unpaired) electrons. The number of carbonyl (C=O) groups excluding carboxylic acids is 1. The van der Waals surface area contributed by atoms with E-state index in [1.54, 1.807) is 0 Å². The molecule has 0 saturated carbocycles. The van der Waals surface area contributed by atoms with Crippen molar-refractivity contribution in [1.82, 2.24) is 10.2 Å². The Hall–Kier alpha value is 2.04. The Balaban J connectivity index is -0.00000225. The largest absolute Gasteiger partial charge is 1.00 e. The van der Waals surface area contributed by atoms with Gasteiger partial charge in [-0.25, -0.2) is 9.11 Å². The summed E-state index contributed by atoms with van der Waals surface area (Å²) in [5, 5.41) is 22.3. The molecule has 33 heavy (non-hydrogen) atoms. The van der Waals surface area contributed by atoms with Crippen LogP contribution in [-0.2, 0) is 31.6 Å².